The van der Waals surface area contributed by atoms with Crippen LogP contribution in [0.15, 0.2) is 146 Å². The van der Waals surface area contributed by atoms with Crippen LogP contribution in [0.25, 0.3) is 33.4 Å². The molecule has 4 nitrogen and oxygen atoms in total. The normalized spacial score (nSPS) is 12.1. The molecule has 0 spiro atoms. The zero-order valence-electron chi connectivity index (χ0n) is 34.7. The minimum Gasteiger partial charge on any atom is -0.493 e. The van der Waals surface area contributed by atoms with Crippen LogP contribution in [0.2, 0.25) is 0 Å². The molecule has 2 unspecified atom stereocenters. The van der Waals surface area contributed by atoms with Crippen LogP contribution in [0.4, 0.5) is 0 Å². The maximum absolute atomic E-state index is 13.3. The highest BCUT2D eigenvalue weighted by Gasteiger charge is 2.14. The number of hydrogen-bond acceptors (Lipinski definition) is 4. The fourth-order valence-corrected chi connectivity index (χ4v) is 7.30. The Morgan fingerprint density at radius 2 is 0.621 bits per heavy atom. The van der Waals surface area contributed by atoms with Gasteiger partial charge in [-0.15, -0.1) is 0 Å². The van der Waals surface area contributed by atoms with Crippen LogP contribution in [0.1, 0.15) is 111 Å². The molecular weight excluding hydrogens is 713 g/mol. The van der Waals surface area contributed by atoms with Gasteiger partial charge in [-0.25, -0.2) is 0 Å². The van der Waals surface area contributed by atoms with Crippen molar-refractivity contribution in [2.75, 3.05) is 13.2 Å². The molecule has 0 radical (unpaired) electrons. The number of ketones is 2. The highest BCUT2D eigenvalue weighted by molar-refractivity contribution is 6.09. The maximum atomic E-state index is 13.3. The van der Waals surface area contributed by atoms with Crippen LogP contribution in [0.3, 0.4) is 0 Å². The summed E-state index contributed by atoms with van der Waals surface area (Å²) in [5.41, 5.74) is 9.18. The Hall–Kier alpha value is -5.74. The fourth-order valence-electron chi connectivity index (χ4n) is 7.30. The molecule has 2 atom stereocenters. The molecule has 0 saturated heterocycles. The van der Waals surface area contributed by atoms with Gasteiger partial charge in [0.1, 0.15) is 11.5 Å². The molecule has 0 aliphatic carbocycles. The van der Waals surface area contributed by atoms with E-state index in [2.05, 4.69) is 76.2 Å². The quantitative estimate of drug-likeness (QED) is 0.0684. The van der Waals surface area contributed by atoms with Gasteiger partial charge in [0.15, 0.2) is 11.6 Å². The van der Waals surface area contributed by atoms with Gasteiger partial charge in [0, 0.05) is 22.3 Å². The summed E-state index contributed by atoms with van der Waals surface area (Å²) in [4.78, 5) is 26.5. The number of carbonyl (C=O) groups is 2. The first-order valence-corrected chi connectivity index (χ1v) is 21.3. The van der Waals surface area contributed by atoms with Crippen LogP contribution in [-0.2, 0) is 0 Å². The molecule has 0 bridgehead atoms. The second-order valence-corrected chi connectivity index (χ2v) is 15.5. The molecule has 0 aliphatic heterocycles. The molecule has 0 amide bonds. The average molecular weight is 771 g/mol. The smallest absolute Gasteiger partial charge is 0.193 e. The summed E-state index contributed by atoms with van der Waals surface area (Å²) in [6.45, 7) is 10.3. The monoisotopic (exact) mass is 770 g/mol. The van der Waals surface area contributed by atoms with Crippen molar-refractivity contribution in [3.63, 3.8) is 0 Å². The van der Waals surface area contributed by atoms with E-state index in [0.717, 1.165) is 57.7 Å². The zero-order chi connectivity index (χ0) is 40.7. The lowest BCUT2D eigenvalue weighted by Gasteiger charge is -2.15. The van der Waals surface area contributed by atoms with Gasteiger partial charge in [0.05, 0.1) is 13.2 Å². The van der Waals surface area contributed by atoms with Gasteiger partial charge < -0.3 is 9.47 Å². The number of rotatable bonds is 21. The van der Waals surface area contributed by atoms with Gasteiger partial charge in [-0.3, -0.25) is 9.59 Å². The molecule has 0 aliphatic rings. The lowest BCUT2D eigenvalue weighted by molar-refractivity contribution is 0.103. The van der Waals surface area contributed by atoms with Gasteiger partial charge in [0.25, 0.3) is 0 Å². The van der Waals surface area contributed by atoms with E-state index in [1.807, 2.05) is 97.1 Å². The SMILES string of the molecule is CCCCC(CC)COc1ccc(C(=O)c2ccc(-c3ccc(-c4ccc(-c5ccc(C(=O)c6ccc(OCC(CC)CCCC)cc6)cc5)cc4)cc3)cc2)cc1. The summed E-state index contributed by atoms with van der Waals surface area (Å²) in [6, 6.07) is 47.7. The molecule has 6 aromatic rings. The lowest BCUT2D eigenvalue weighted by Crippen LogP contribution is -2.11. The topological polar surface area (TPSA) is 52.6 Å². The molecule has 6 aromatic carbocycles. The Morgan fingerprint density at radius 1 is 0.379 bits per heavy atom. The van der Waals surface area contributed by atoms with E-state index < -0.39 is 0 Å². The summed E-state index contributed by atoms with van der Waals surface area (Å²) in [5.74, 6) is 2.75. The number of carbonyl (C=O) groups excluding carboxylic acids is 2. The summed E-state index contributed by atoms with van der Waals surface area (Å²) in [5, 5.41) is 0. The summed E-state index contributed by atoms with van der Waals surface area (Å²) >= 11 is 0. The van der Waals surface area contributed by atoms with Crippen LogP contribution < -0.4 is 9.47 Å². The minimum atomic E-state index is 0.000804. The first-order chi connectivity index (χ1) is 28.4. The molecule has 0 heterocycles. The molecule has 4 heteroatoms. The number of benzene rings is 6. The highest BCUT2D eigenvalue weighted by Crippen LogP contribution is 2.29. The molecule has 6 rings (SSSR count). The van der Waals surface area contributed by atoms with Crippen molar-refractivity contribution < 1.29 is 19.1 Å². The molecule has 0 aromatic heterocycles. The zero-order valence-corrected chi connectivity index (χ0v) is 34.7. The van der Waals surface area contributed by atoms with Gasteiger partial charge in [0.2, 0.25) is 0 Å². The number of ether oxygens (including phenoxy) is 2. The van der Waals surface area contributed by atoms with Crippen molar-refractivity contribution in [2.24, 2.45) is 11.8 Å². The Kier molecular flexibility index (Phi) is 15.3. The summed E-state index contributed by atoms with van der Waals surface area (Å²) < 4.78 is 12.1. The predicted molar refractivity (Wildman–Crippen MR) is 240 cm³/mol. The fraction of sp³-hybridized carbons (Fsp3) is 0.296. The lowest BCUT2D eigenvalue weighted by atomic mass is 9.96. The van der Waals surface area contributed by atoms with Crippen molar-refractivity contribution in [3.05, 3.63) is 168 Å². The Labute approximate surface area is 346 Å². The van der Waals surface area contributed by atoms with Crippen LogP contribution in [0.5, 0.6) is 11.5 Å². The van der Waals surface area contributed by atoms with Gasteiger partial charge >= 0.3 is 0 Å². The second kappa shape index (κ2) is 21.1. The van der Waals surface area contributed by atoms with E-state index in [1.165, 1.54) is 38.5 Å². The summed E-state index contributed by atoms with van der Waals surface area (Å²) in [7, 11) is 0. The average Bonchev–Trinajstić information content (AvgIpc) is 3.29. The van der Waals surface area contributed by atoms with E-state index >= 15 is 0 Å². The first kappa shape index (κ1) is 41.9. The summed E-state index contributed by atoms with van der Waals surface area (Å²) in [6.07, 6.45) is 9.46. The first-order valence-electron chi connectivity index (χ1n) is 21.3. The molecule has 0 N–H and O–H groups in total. The van der Waals surface area contributed by atoms with Gasteiger partial charge in [-0.1, -0.05) is 163 Å². The maximum Gasteiger partial charge on any atom is 0.193 e. The Morgan fingerprint density at radius 3 is 0.862 bits per heavy atom. The minimum absolute atomic E-state index is 0.000804. The second-order valence-electron chi connectivity index (χ2n) is 15.5. The van der Waals surface area contributed by atoms with Crippen LogP contribution in [0, 0.1) is 11.8 Å². The van der Waals surface area contributed by atoms with Gasteiger partial charge in [-0.2, -0.15) is 0 Å². The third kappa shape index (κ3) is 11.2. The standard InChI is InChI=1S/C54H58O4/c1-5-9-11-39(7-3)37-57-51-33-29-49(30-34-51)53(55)47-25-21-45(22-26-47)43-17-13-41(14-18-43)42-15-19-44(20-16-42)46-23-27-48(28-24-46)54(56)50-31-35-52(36-32-50)58-38-40(8-4)12-10-6-2/h13-36,39-40H,5-12,37-38H2,1-4H3. The number of unbranched alkanes of at least 4 members (excludes halogenated alkanes) is 2. The van der Waals surface area contributed by atoms with Crippen molar-refractivity contribution in [1.82, 2.24) is 0 Å². The highest BCUT2D eigenvalue weighted by atomic mass is 16.5. The molecule has 298 valence electrons. The molecular formula is C54H58O4. The van der Waals surface area contributed by atoms with E-state index in [9.17, 15) is 9.59 Å². The molecule has 0 saturated carbocycles. The van der Waals surface area contributed by atoms with E-state index in [0.29, 0.717) is 47.3 Å². The van der Waals surface area contributed by atoms with E-state index in [-0.39, 0.29) is 11.6 Å². The van der Waals surface area contributed by atoms with Crippen molar-refractivity contribution >= 4 is 11.6 Å². The van der Waals surface area contributed by atoms with Gasteiger partial charge in [-0.05, 0) is 107 Å². The van der Waals surface area contributed by atoms with Crippen molar-refractivity contribution in [1.29, 1.82) is 0 Å². The van der Waals surface area contributed by atoms with Crippen LogP contribution in [-0.4, -0.2) is 24.8 Å². The van der Waals surface area contributed by atoms with E-state index in [1.54, 1.807) is 0 Å². The molecule has 0 fully saturated rings. The van der Waals surface area contributed by atoms with Crippen molar-refractivity contribution in [2.45, 2.75) is 79.1 Å². The third-order valence-corrected chi connectivity index (χ3v) is 11.4. The number of hydrogen-bond donors (Lipinski definition) is 0. The van der Waals surface area contributed by atoms with Crippen molar-refractivity contribution in [3.8, 4) is 44.9 Å². The molecule has 58 heavy (non-hydrogen) atoms. The Balaban J connectivity index is 1.01. The third-order valence-electron chi connectivity index (χ3n) is 11.4. The predicted octanol–water partition coefficient (Wildman–Crippen LogP) is 14.3. The van der Waals surface area contributed by atoms with E-state index in [4.69, 9.17) is 9.47 Å². The Bertz CT molecular complexity index is 2000. The largest absolute Gasteiger partial charge is 0.493 e. The van der Waals surface area contributed by atoms with Crippen LogP contribution >= 0.6 is 0 Å².